The molecule has 0 aliphatic rings. The lowest BCUT2D eigenvalue weighted by Crippen LogP contribution is -2.30. The zero-order valence-electron chi connectivity index (χ0n) is 45.7. The van der Waals surface area contributed by atoms with Crippen molar-refractivity contribution in [3.05, 3.63) is 0 Å². The van der Waals surface area contributed by atoms with Crippen LogP contribution < -0.4 is 0 Å². The first-order chi connectivity index (χ1) is 33.0. The third-order valence-electron chi connectivity index (χ3n) is 14.1. The summed E-state index contributed by atoms with van der Waals surface area (Å²) in [4.78, 5) is 37.8. The molecule has 0 aliphatic carbocycles. The second-order valence-electron chi connectivity index (χ2n) is 21.0. The molecule has 67 heavy (non-hydrogen) atoms. The van der Waals surface area contributed by atoms with Gasteiger partial charge >= 0.3 is 17.9 Å². The van der Waals surface area contributed by atoms with Gasteiger partial charge in [0.2, 0.25) is 0 Å². The van der Waals surface area contributed by atoms with Crippen molar-refractivity contribution in [1.82, 2.24) is 0 Å². The first-order valence-corrected chi connectivity index (χ1v) is 30.5. The van der Waals surface area contributed by atoms with Gasteiger partial charge in [0.1, 0.15) is 13.2 Å². The summed E-state index contributed by atoms with van der Waals surface area (Å²) < 4.78 is 16.8. The van der Waals surface area contributed by atoms with Crippen LogP contribution in [0, 0.1) is 0 Å². The summed E-state index contributed by atoms with van der Waals surface area (Å²) in [5, 5.41) is 0. The molecule has 0 aliphatic heterocycles. The number of rotatable bonds is 57. The largest absolute Gasteiger partial charge is 0.462 e. The molecule has 0 aromatic rings. The van der Waals surface area contributed by atoms with E-state index in [1.165, 1.54) is 250 Å². The van der Waals surface area contributed by atoms with Crippen LogP contribution in [-0.2, 0) is 28.6 Å². The van der Waals surface area contributed by atoms with Gasteiger partial charge in [0.25, 0.3) is 0 Å². The van der Waals surface area contributed by atoms with E-state index in [2.05, 4.69) is 20.8 Å². The first kappa shape index (κ1) is 65.4. The predicted molar refractivity (Wildman–Crippen MR) is 289 cm³/mol. The Morgan fingerprint density at radius 1 is 0.239 bits per heavy atom. The van der Waals surface area contributed by atoms with E-state index in [-0.39, 0.29) is 31.1 Å². The van der Waals surface area contributed by atoms with Crippen LogP contribution in [0.3, 0.4) is 0 Å². The average molecular weight is 948 g/mol. The van der Waals surface area contributed by atoms with Gasteiger partial charge in [-0.2, -0.15) is 0 Å². The van der Waals surface area contributed by atoms with Gasteiger partial charge < -0.3 is 14.2 Å². The number of carbonyl (C=O) groups excluding carboxylic acids is 3. The fourth-order valence-electron chi connectivity index (χ4n) is 9.51. The highest BCUT2D eigenvalue weighted by Crippen LogP contribution is 2.18. The Kier molecular flexibility index (Phi) is 55.6. The predicted octanol–water partition coefficient (Wildman–Crippen LogP) is 20.3. The van der Waals surface area contributed by atoms with Gasteiger partial charge in [-0.25, -0.2) is 0 Å². The summed E-state index contributed by atoms with van der Waals surface area (Å²) in [6.45, 7) is 6.63. The Labute approximate surface area is 418 Å². The maximum absolute atomic E-state index is 12.8. The normalized spacial score (nSPS) is 11.9. The Morgan fingerprint density at radius 3 is 0.597 bits per heavy atom. The van der Waals surface area contributed by atoms with Gasteiger partial charge in [0.15, 0.2) is 6.10 Å². The van der Waals surface area contributed by atoms with Crippen molar-refractivity contribution in [2.75, 3.05) is 13.2 Å². The molecule has 0 saturated carbocycles. The molecule has 0 spiro atoms. The molecule has 0 fully saturated rings. The summed E-state index contributed by atoms with van der Waals surface area (Å²) in [6.07, 6.45) is 64.4. The second-order valence-corrected chi connectivity index (χ2v) is 21.0. The molecule has 1 atom stereocenters. The molecular formula is C61H118O6. The summed E-state index contributed by atoms with van der Waals surface area (Å²) in [5.74, 6) is -0.848. The van der Waals surface area contributed by atoms with Crippen molar-refractivity contribution in [1.29, 1.82) is 0 Å². The second kappa shape index (κ2) is 57.0. The number of hydrogen-bond acceptors (Lipinski definition) is 6. The van der Waals surface area contributed by atoms with Crippen molar-refractivity contribution >= 4 is 17.9 Å². The van der Waals surface area contributed by atoms with Gasteiger partial charge in [0.05, 0.1) is 0 Å². The monoisotopic (exact) mass is 947 g/mol. The SMILES string of the molecule is CCCCCCCCCCCCCCCCCCCCCCCCC(=O)OCC(COC(=O)CCCCCCC)OC(=O)CCCCCCCCCCCCCCCCCCCCCCCC. The highest BCUT2D eigenvalue weighted by molar-refractivity contribution is 5.71. The van der Waals surface area contributed by atoms with Crippen LogP contribution in [0.15, 0.2) is 0 Å². The van der Waals surface area contributed by atoms with Crippen LogP contribution in [0.25, 0.3) is 0 Å². The maximum atomic E-state index is 12.8. The van der Waals surface area contributed by atoms with E-state index in [0.29, 0.717) is 19.3 Å². The summed E-state index contributed by atoms with van der Waals surface area (Å²) in [7, 11) is 0. The van der Waals surface area contributed by atoms with Crippen LogP contribution in [0.2, 0.25) is 0 Å². The van der Waals surface area contributed by atoms with Crippen LogP contribution in [0.5, 0.6) is 0 Å². The molecule has 0 saturated heterocycles. The Balaban J connectivity index is 3.99. The molecule has 6 heteroatoms. The van der Waals surface area contributed by atoms with Crippen LogP contribution in [0.1, 0.15) is 355 Å². The average Bonchev–Trinajstić information content (AvgIpc) is 3.33. The first-order valence-electron chi connectivity index (χ1n) is 30.5. The molecule has 0 N–H and O–H groups in total. The molecule has 1 unspecified atom stereocenters. The number of carbonyl (C=O) groups is 3. The highest BCUT2D eigenvalue weighted by atomic mass is 16.6. The van der Waals surface area contributed by atoms with Gasteiger partial charge in [-0.15, -0.1) is 0 Å². The molecular weight excluding hydrogens is 829 g/mol. The van der Waals surface area contributed by atoms with E-state index in [4.69, 9.17) is 14.2 Å². The Hall–Kier alpha value is -1.59. The highest BCUT2D eigenvalue weighted by Gasteiger charge is 2.19. The zero-order valence-corrected chi connectivity index (χ0v) is 45.7. The molecule has 0 radical (unpaired) electrons. The fourth-order valence-corrected chi connectivity index (χ4v) is 9.51. The molecule has 0 aromatic carbocycles. The van der Waals surface area contributed by atoms with Gasteiger partial charge in [-0.3, -0.25) is 14.4 Å². The molecule has 398 valence electrons. The zero-order chi connectivity index (χ0) is 48.6. The minimum absolute atomic E-state index is 0.0625. The minimum Gasteiger partial charge on any atom is -0.462 e. The number of hydrogen-bond donors (Lipinski definition) is 0. The van der Waals surface area contributed by atoms with Crippen molar-refractivity contribution < 1.29 is 28.6 Å². The Bertz CT molecular complexity index is 998. The smallest absolute Gasteiger partial charge is 0.306 e. The molecule has 0 heterocycles. The van der Waals surface area contributed by atoms with Crippen molar-refractivity contribution in [2.24, 2.45) is 0 Å². The lowest BCUT2D eigenvalue weighted by atomic mass is 10.0. The Morgan fingerprint density at radius 2 is 0.403 bits per heavy atom. The van der Waals surface area contributed by atoms with Crippen molar-refractivity contribution in [3.8, 4) is 0 Å². The fraction of sp³-hybridized carbons (Fsp3) is 0.951. The van der Waals surface area contributed by atoms with Crippen molar-refractivity contribution in [3.63, 3.8) is 0 Å². The van der Waals surface area contributed by atoms with E-state index in [1.54, 1.807) is 0 Å². The van der Waals surface area contributed by atoms with E-state index in [1.807, 2.05) is 0 Å². The molecule has 6 nitrogen and oxygen atoms in total. The standard InChI is InChI=1S/C61H118O6/c1-4-7-10-13-15-17-19-21-23-25-27-29-31-33-35-37-39-41-43-45-48-51-54-60(63)66-57-58(56-65-59(62)53-50-47-12-9-6-3)67-61(64)55-52-49-46-44-42-40-38-36-34-32-30-28-26-24-22-20-18-16-14-11-8-5-2/h58H,4-57H2,1-3H3. The van der Waals surface area contributed by atoms with Gasteiger partial charge in [-0.1, -0.05) is 316 Å². The van der Waals surface area contributed by atoms with Crippen LogP contribution >= 0.6 is 0 Å². The lowest BCUT2D eigenvalue weighted by molar-refractivity contribution is -0.167. The van der Waals surface area contributed by atoms with E-state index < -0.39 is 6.10 Å². The third kappa shape index (κ3) is 55.2. The van der Waals surface area contributed by atoms with E-state index in [9.17, 15) is 14.4 Å². The molecule has 0 bridgehead atoms. The quantitative estimate of drug-likeness (QED) is 0.0343. The number of ether oxygens (including phenoxy) is 3. The number of unbranched alkanes of at least 4 members (excludes halogenated alkanes) is 46. The lowest BCUT2D eigenvalue weighted by Gasteiger charge is -2.18. The van der Waals surface area contributed by atoms with Gasteiger partial charge in [0, 0.05) is 19.3 Å². The maximum Gasteiger partial charge on any atom is 0.306 e. The van der Waals surface area contributed by atoms with Crippen LogP contribution in [0.4, 0.5) is 0 Å². The van der Waals surface area contributed by atoms with E-state index in [0.717, 1.165) is 64.2 Å². The van der Waals surface area contributed by atoms with E-state index >= 15 is 0 Å². The number of esters is 3. The van der Waals surface area contributed by atoms with Crippen LogP contribution in [-0.4, -0.2) is 37.2 Å². The van der Waals surface area contributed by atoms with Gasteiger partial charge in [-0.05, 0) is 19.3 Å². The summed E-state index contributed by atoms with van der Waals surface area (Å²) in [5.41, 5.74) is 0. The summed E-state index contributed by atoms with van der Waals surface area (Å²) >= 11 is 0. The van der Waals surface area contributed by atoms with Crippen molar-refractivity contribution in [2.45, 2.75) is 361 Å². The molecule has 0 amide bonds. The molecule has 0 aromatic heterocycles. The summed E-state index contributed by atoms with van der Waals surface area (Å²) in [6, 6.07) is 0. The topological polar surface area (TPSA) is 78.9 Å². The molecule has 0 rings (SSSR count). The third-order valence-corrected chi connectivity index (χ3v) is 14.1. The minimum atomic E-state index is -0.759.